The Kier molecular flexibility index (Phi) is 4.02. The Morgan fingerprint density at radius 3 is 3.00 bits per heavy atom. The molecule has 1 saturated heterocycles. The summed E-state index contributed by atoms with van der Waals surface area (Å²) in [7, 11) is 0. The van der Waals surface area contributed by atoms with Crippen LogP contribution in [0.4, 0.5) is 5.69 Å². The van der Waals surface area contributed by atoms with E-state index in [0.29, 0.717) is 6.54 Å². The summed E-state index contributed by atoms with van der Waals surface area (Å²) in [6.07, 6.45) is 1.23. The summed E-state index contributed by atoms with van der Waals surface area (Å²) in [4.78, 5) is 2.42. The van der Waals surface area contributed by atoms with Gasteiger partial charge in [-0.15, -0.1) is 0 Å². The van der Waals surface area contributed by atoms with Crippen molar-refractivity contribution < 1.29 is 4.74 Å². The summed E-state index contributed by atoms with van der Waals surface area (Å²) in [5.41, 5.74) is 9.67. The molecule has 1 aliphatic heterocycles. The van der Waals surface area contributed by atoms with Gasteiger partial charge in [0.15, 0.2) is 0 Å². The molecular formula is C14H22N2O. The van der Waals surface area contributed by atoms with Crippen molar-refractivity contribution in [2.75, 3.05) is 31.1 Å². The van der Waals surface area contributed by atoms with Crippen molar-refractivity contribution in [3.8, 4) is 0 Å². The highest BCUT2D eigenvalue weighted by Crippen LogP contribution is 2.24. The van der Waals surface area contributed by atoms with E-state index in [9.17, 15) is 0 Å². The average Bonchev–Trinajstić information content (AvgIpc) is 2.33. The number of nitrogens with two attached hydrogens (primary N) is 1. The Bertz CT molecular complexity index is 376. The van der Waals surface area contributed by atoms with E-state index >= 15 is 0 Å². The van der Waals surface area contributed by atoms with E-state index in [1.807, 2.05) is 0 Å². The molecule has 2 N–H and O–H groups in total. The SMILES string of the molecule is Cc1cccc(N2CCOC(CCN)C2)c1C. The van der Waals surface area contributed by atoms with E-state index in [4.69, 9.17) is 10.5 Å². The summed E-state index contributed by atoms with van der Waals surface area (Å²) in [5.74, 6) is 0. The van der Waals surface area contributed by atoms with Crippen LogP contribution in [0.1, 0.15) is 17.5 Å². The number of hydrogen-bond acceptors (Lipinski definition) is 3. The second-order valence-corrected chi connectivity index (χ2v) is 4.74. The first-order valence-corrected chi connectivity index (χ1v) is 6.35. The molecule has 0 aromatic heterocycles. The zero-order valence-corrected chi connectivity index (χ0v) is 10.8. The van der Waals surface area contributed by atoms with Crippen molar-refractivity contribution >= 4 is 5.69 Å². The molecule has 3 nitrogen and oxygen atoms in total. The smallest absolute Gasteiger partial charge is 0.0762 e. The van der Waals surface area contributed by atoms with Crippen LogP contribution in [0.25, 0.3) is 0 Å². The number of morpholine rings is 1. The molecule has 1 heterocycles. The quantitative estimate of drug-likeness (QED) is 0.867. The van der Waals surface area contributed by atoms with Crippen molar-refractivity contribution in [2.45, 2.75) is 26.4 Å². The van der Waals surface area contributed by atoms with Crippen LogP contribution >= 0.6 is 0 Å². The molecule has 94 valence electrons. The fraction of sp³-hybridized carbons (Fsp3) is 0.571. The standard InChI is InChI=1S/C14H22N2O/c1-11-4-3-5-14(12(11)2)16-8-9-17-13(10-16)6-7-15/h3-5,13H,6-10,15H2,1-2H3. The molecule has 3 heteroatoms. The second-order valence-electron chi connectivity index (χ2n) is 4.74. The maximum Gasteiger partial charge on any atom is 0.0762 e. The highest BCUT2D eigenvalue weighted by molar-refractivity contribution is 5.56. The highest BCUT2D eigenvalue weighted by atomic mass is 16.5. The molecule has 1 atom stereocenters. The van der Waals surface area contributed by atoms with Crippen LogP contribution in [0.5, 0.6) is 0 Å². The molecule has 1 aromatic carbocycles. The number of anilines is 1. The third-order valence-electron chi connectivity index (χ3n) is 3.54. The van der Waals surface area contributed by atoms with Gasteiger partial charge in [0.25, 0.3) is 0 Å². The summed E-state index contributed by atoms with van der Waals surface area (Å²) < 4.78 is 5.72. The first kappa shape index (κ1) is 12.4. The van der Waals surface area contributed by atoms with Crippen LogP contribution in [0.3, 0.4) is 0 Å². The summed E-state index contributed by atoms with van der Waals surface area (Å²) in [6.45, 7) is 7.80. The van der Waals surface area contributed by atoms with Crippen molar-refractivity contribution in [3.63, 3.8) is 0 Å². The summed E-state index contributed by atoms with van der Waals surface area (Å²) >= 11 is 0. The van der Waals surface area contributed by atoms with E-state index in [1.54, 1.807) is 0 Å². The second kappa shape index (κ2) is 5.52. The van der Waals surface area contributed by atoms with Gasteiger partial charge in [-0.3, -0.25) is 0 Å². The van der Waals surface area contributed by atoms with E-state index in [0.717, 1.165) is 26.1 Å². The van der Waals surface area contributed by atoms with Crippen molar-refractivity contribution in [3.05, 3.63) is 29.3 Å². The number of aryl methyl sites for hydroxylation is 1. The number of ether oxygens (including phenoxy) is 1. The molecule has 0 radical (unpaired) electrons. The zero-order chi connectivity index (χ0) is 12.3. The van der Waals surface area contributed by atoms with Crippen LogP contribution in [0.2, 0.25) is 0 Å². The lowest BCUT2D eigenvalue weighted by Gasteiger charge is -2.35. The van der Waals surface area contributed by atoms with Crippen LogP contribution in [-0.4, -0.2) is 32.3 Å². The zero-order valence-electron chi connectivity index (χ0n) is 10.8. The maximum absolute atomic E-state index is 5.72. The van der Waals surface area contributed by atoms with Crippen LogP contribution in [-0.2, 0) is 4.74 Å². The van der Waals surface area contributed by atoms with Gasteiger partial charge in [0.2, 0.25) is 0 Å². The normalized spacial score (nSPS) is 20.6. The molecule has 0 bridgehead atoms. The molecular weight excluding hydrogens is 212 g/mol. The van der Waals surface area contributed by atoms with Gasteiger partial charge >= 0.3 is 0 Å². The van der Waals surface area contributed by atoms with Gasteiger partial charge in [0, 0.05) is 18.8 Å². The maximum atomic E-state index is 5.72. The Morgan fingerprint density at radius 1 is 1.41 bits per heavy atom. The minimum absolute atomic E-state index is 0.286. The molecule has 2 rings (SSSR count). The van der Waals surface area contributed by atoms with Gasteiger partial charge in [-0.1, -0.05) is 12.1 Å². The Hall–Kier alpha value is -1.06. The van der Waals surface area contributed by atoms with E-state index in [1.165, 1.54) is 16.8 Å². The predicted molar refractivity (Wildman–Crippen MR) is 71.5 cm³/mol. The number of hydrogen-bond donors (Lipinski definition) is 1. The van der Waals surface area contributed by atoms with Gasteiger partial charge in [-0.25, -0.2) is 0 Å². The van der Waals surface area contributed by atoms with Crippen LogP contribution < -0.4 is 10.6 Å². The van der Waals surface area contributed by atoms with E-state index in [-0.39, 0.29) is 6.10 Å². The summed E-state index contributed by atoms with van der Waals surface area (Å²) in [6, 6.07) is 6.49. The number of benzene rings is 1. The van der Waals surface area contributed by atoms with Crippen LogP contribution in [0, 0.1) is 13.8 Å². The van der Waals surface area contributed by atoms with E-state index in [2.05, 4.69) is 36.9 Å². The van der Waals surface area contributed by atoms with E-state index < -0.39 is 0 Å². The summed E-state index contributed by atoms with van der Waals surface area (Å²) in [5, 5.41) is 0. The van der Waals surface area contributed by atoms with Crippen molar-refractivity contribution in [1.29, 1.82) is 0 Å². The van der Waals surface area contributed by atoms with Gasteiger partial charge in [0.05, 0.1) is 12.7 Å². The Morgan fingerprint density at radius 2 is 2.24 bits per heavy atom. The Labute approximate surface area is 104 Å². The fourth-order valence-corrected chi connectivity index (χ4v) is 2.38. The highest BCUT2D eigenvalue weighted by Gasteiger charge is 2.21. The van der Waals surface area contributed by atoms with Gasteiger partial charge in [-0.2, -0.15) is 0 Å². The van der Waals surface area contributed by atoms with Crippen molar-refractivity contribution in [2.24, 2.45) is 5.73 Å². The minimum Gasteiger partial charge on any atom is -0.374 e. The molecule has 0 aliphatic carbocycles. The molecule has 17 heavy (non-hydrogen) atoms. The number of nitrogens with zero attached hydrogens (tertiary/aromatic N) is 1. The molecule has 0 amide bonds. The lowest BCUT2D eigenvalue weighted by atomic mass is 10.1. The predicted octanol–water partition coefficient (Wildman–Crippen LogP) is 1.86. The monoisotopic (exact) mass is 234 g/mol. The average molecular weight is 234 g/mol. The lowest BCUT2D eigenvalue weighted by Crippen LogP contribution is -2.43. The molecule has 0 saturated carbocycles. The number of rotatable bonds is 3. The van der Waals surface area contributed by atoms with Crippen molar-refractivity contribution in [1.82, 2.24) is 0 Å². The molecule has 1 unspecified atom stereocenters. The molecule has 0 spiro atoms. The van der Waals surface area contributed by atoms with Gasteiger partial charge < -0.3 is 15.4 Å². The van der Waals surface area contributed by atoms with Crippen LogP contribution in [0.15, 0.2) is 18.2 Å². The minimum atomic E-state index is 0.286. The first-order chi connectivity index (χ1) is 8.22. The topological polar surface area (TPSA) is 38.5 Å². The fourth-order valence-electron chi connectivity index (χ4n) is 2.38. The molecule has 1 aromatic rings. The largest absolute Gasteiger partial charge is 0.374 e. The van der Waals surface area contributed by atoms with Gasteiger partial charge in [-0.05, 0) is 44.0 Å². The molecule has 1 fully saturated rings. The Balaban J connectivity index is 2.13. The van der Waals surface area contributed by atoms with Gasteiger partial charge in [0.1, 0.15) is 0 Å². The molecule has 1 aliphatic rings. The lowest BCUT2D eigenvalue weighted by molar-refractivity contribution is 0.0368. The first-order valence-electron chi connectivity index (χ1n) is 6.35. The third-order valence-corrected chi connectivity index (χ3v) is 3.54. The third kappa shape index (κ3) is 2.79.